The smallest absolute Gasteiger partial charge is 0.203 e. The molecule has 0 aliphatic heterocycles. The molecule has 5 nitrogen and oxygen atoms in total. The lowest BCUT2D eigenvalue weighted by Crippen LogP contribution is -2.23. The Morgan fingerprint density at radius 2 is 1.73 bits per heavy atom. The van der Waals surface area contributed by atoms with E-state index in [9.17, 15) is 4.79 Å². The highest BCUT2D eigenvalue weighted by molar-refractivity contribution is 6.02. The van der Waals surface area contributed by atoms with E-state index in [0.29, 0.717) is 23.0 Å². The Labute approximate surface area is 179 Å². The molecule has 2 aromatic carbocycles. The first-order chi connectivity index (χ1) is 14.5. The molecule has 162 valence electrons. The van der Waals surface area contributed by atoms with Crippen LogP contribution >= 0.6 is 0 Å². The van der Waals surface area contributed by atoms with Gasteiger partial charge in [0.25, 0.3) is 0 Å². The van der Waals surface area contributed by atoms with E-state index in [2.05, 4.69) is 24.9 Å². The molecule has 0 fully saturated rings. The monoisotopic (exact) mass is 411 g/mol. The topological polar surface area (TPSA) is 48.0 Å². The van der Waals surface area contributed by atoms with Crippen molar-refractivity contribution in [2.75, 3.05) is 41.5 Å². The summed E-state index contributed by atoms with van der Waals surface area (Å²) in [4.78, 5) is 15.0. The molecule has 0 saturated carbocycles. The normalized spacial score (nSPS) is 15.4. The van der Waals surface area contributed by atoms with Crippen LogP contribution in [0.1, 0.15) is 39.9 Å². The zero-order valence-corrected chi connectivity index (χ0v) is 18.8. The van der Waals surface area contributed by atoms with E-state index in [1.807, 2.05) is 24.3 Å². The summed E-state index contributed by atoms with van der Waals surface area (Å²) in [6, 6.07) is 10.1. The van der Waals surface area contributed by atoms with Gasteiger partial charge in [0.15, 0.2) is 17.3 Å². The predicted molar refractivity (Wildman–Crippen MR) is 119 cm³/mol. The lowest BCUT2D eigenvalue weighted by Gasteiger charge is -2.19. The van der Waals surface area contributed by atoms with Gasteiger partial charge < -0.3 is 19.1 Å². The third kappa shape index (κ3) is 4.78. The van der Waals surface area contributed by atoms with E-state index >= 15 is 0 Å². The molecule has 5 heteroatoms. The van der Waals surface area contributed by atoms with Crippen molar-refractivity contribution < 1.29 is 19.0 Å². The first kappa shape index (κ1) is 22.2. The molecule has 30 heavy (non-hydrogen) atoms. The van der Waals surface area contributed by atoms with Gasteiger partial charge in [-0.3, -0.25) is 4.79 Å². The van der Waals surface area contributed by atoms with Crippen LogP contribution in [0.15, 0.2) is 30.3 Å². The highest BCUT2D eigenvalue weighted by Gasteiger charge is 2.30. The first-order valence-corrected chi connectivity index (χ1v) is 10.6. The van der Waals surface area contributed by atoms with Gasteiger partial charge in [-0.15, -0.1) is 0 Å². The fourth-order valence-electron chi connectivity index (χ4n) is 4.32. The highest BCUT2D eigenvalue weighted by Crippen LogP contribution is 2.38. The second-order valence-corrected chi connectivity index (χ2v) is 8.10. The maximum atomic E-state index is 12.7. The number of methoxy groups -OCH3 is 3. The Morgan fingerprint density at radius 1 is 1.03 bits per heavy atom. The van der Waals surface area contributed by atoms with Crippen LogP contribution in [0.2, 0.25) is 0 Å². The van der Waals surface area contributed by atoms with Crippen molar-refractivity contribution in [1.29, 1.82) is 0 Å². The molecule has 0 heterocycles. The quantitative estimate of drug-likeness (QED) is 0.582. The van der Waals surface area contributed by atoms with E-state index in [0.717, 1.165) is 49.9 Å². The molecule has 3 rings (SSSR count). The molecule has 0 aromatic heterocycles. The third-order valence-electron chi connectivity index (χ3n) is 6.10. The molecule has 0 radical (unpaired) electrons. The van der Waals surface area contributed by atoms with Crippen molar-refractivity contribution in [3.63, 3.8) is 0 Å². The Balaban J connectivity index is 1.49. The van der Waals surface area contributed by atoms with Crippen LogP contribution in [0.3, 0.4) is 0 Å². The molecule has 1 unspecified atom stereocenters. The number of aryl methyl sites for hydroxylation is 1. The summed E-state index contributed by atoms with van der Waals surface area (Å²) < 4.78 is 16.3. The molecule has 1 atom stereocenters. The van der Waals surface area contributed by atoms with E-state index in [1.165, 1.54) is 11.1 Å². The van der Waals surface area contributed by atoms with Crippen LogP contribution < -0.4 is 14.2 Å². The SMILES string of the molecule is COc1cc(CCN(C)CCCC2Cc3c(C)cccc3C2=O)cc(OC)c1OC. The number of carbonyl (C=O) groups is 1. The fourth-order valence-corrected chi connectivity index (χ4v) is 4.32. The number of hydrogen-bond acceptors (Lipinski definition) is 5. The molecule has 2 aromatic rings. The standard InChI is InChI=1S/C25H33NO4/c1-17-8-6-10-20-21(17)16-19(24(20)27)9-7-12-26(2)13-11-18-14-22(28-3)25(30-5)23(15-18)29-4/h6,8,10,14-15,19H,7,9,11-13,16H2,1-5H3. The van der Waals surface area contributed by atoms with E-state index in [-0.39, 0.29) is 5.92 Å². The molecule has 0 N–H and O–H groups in total. The van der Waals surface area contributed by atoms with Crippen molar-refractivity contribution in [1.82, 2.24) is 4.90 Å². The van der Waals surface area contributed by atoms with Crippen LogP contribution in [0.4, 0.5) is 0 Å². The first-order valence-electron chi connectivity index (χ1n) is 10.6. The number of likely N-dealkylation sites (N-methyl/N-ethyl adjacent to an activating group) is 1. The van der Waals surface area contributed by atoms with E-state index < -0.39 is 0 Å². The summed E-state index contributed by atoms with van der Waals surface area (Å²) in [6.45, 7) is 4.01. The lowest BCUT2D eigenvalue weighted by atomic mass is 9.98. The number of benzene rings is 2. The Bertz CT molecular complexity index is 868. The summed E-state index contributed by atoms with van der Waals surface area (Å²) in [5, 5.41) is 0. The number of rotatable bonds is 10. The number of carbonyl (C=O) groups excluding carboxylic acids is 1. The molecular weight excluding hydrogens is 378 g/mol. The average Bonchev–Trinajstić information content (AvgIpc) is 3.08. The molecule has 0 spiro atoms. The summed E-state index contributed by atoms with van der Waals surface area (Å²) in [5.74, 6) is 2.46. The second-order valence-electron chi connectivity index (χ2n) is 8.10. The van der Waals surface area contributed by atoms with Crippen LogP contribution in [0.5, 0.6) is 17.2 Å². The van der Waals surface area contributed by atoms with Crippen LogP contribution in [0, 0.1) is 12.8 Å². The van der Waals surface area contributed by atoms with Gasteiger partial charge in [-0.25, -0.2) is 0 Å². The minimum absolute atomic E-state index is 0.143. The third-order valence-corrected chi connectivity index (χ3v) is 6.10. The maximum Gasteiger partial charge on any atom is 0.203 e. The molecule has 1 aliphatic rings. The summed E-state index contributed by atoms with van der Waals surface area (Å²) in [5.41, 5.74) is 4.58. The number of Topliss-reactive ketones (excluding diaryl/α,β-unsaturated/α-hetero) is 1. The average molecular weight is 412 g/mol. The van der Waals surface area contributed by atoms with Gasteiger partial charge in [0.1, 0.15) is 0 Å². The van der Waals surface area contributed by atoms with Crippen LogP contribution in [-0.2, 0) is 12.8 Å². The molecule has 0 saturated heterocycles. The van der Waals surface area contributed by atoms with Gasteiger partial charge in [0, 0.05) is 18.0 Å². The van der Waals surface area contributed by atoms with Gasteiger partial charge in [-0.2, -0.15) is 0 Å². The number of ketones is 1. The summed E-state index contributed by atoms with van der Waals surface area (Å²) in [6.07, 6.45) is 3.76. The lowest BCUT2D eigenvalue weighted by molar-refractivity contribution is 0.0927. The zero-order valence-electron chi connectivity index (χ0n) is 18.8. The molecular formula is C25H33NO4. The second kappa shape index (κ2) is 9.98. The molecule has 0 bridgehead atoms. The Morgan fingerprint density at radius 3 is 2.33 bits per heavy atom. The number of fused-ring (bicyclic) bond motifs is 1. The highest BCUT2D eigenvalue weighted by atomic mass is 16.5. The van der Waals surface area contributed by atoms with E-state index in [4.69, 9.17) is 14.2 Å². The van der Waals surface area contributed by atoms with Gasteiger partial charge in [-0.05, 0) is 75.0 Å². The van der Waals surface area contributed by atoms with Crippen molar-refractivity contribution in [2.45, 2.75) is 32.6 Å². The Kier molecular flexibility index (Phi) is 7.38. The fraction of sp³-hybridized carbons (Fsp3) is 0.480. The van der Waals surface area contributed by atoms with Crippen molar-refractivity contribution in [2.24, 2.45) is 5.92 Å². The number of hydrogen-bond donors (Lipinski definition) is 0. The summed E-state index contributed by atoms with van der Waals surface area (Å²) >= 11 is 0. The molecule has 1 aliphatic carbocycles. The minimum atomic E-state index is 0.143. The van der Waals surface area contributed by atoms with Gasteiger partial charge in [0.2, 0.25) is 5.75 Å². The van der Waals surface area contributed by atoms with Crippen LogP contribution in [0.25, 0.3) is 0 Å². The van der Waals surface area contributed by atoms with Gasteiger partial charge >= 0.3 is 0 Å². The Hall–Kier alpha value is -2.53. The summed E-state index contributed by atoms with van der Waals surface area (Å²) in [7, 11) is 7.02. The van der Waals surface area contributed by atoms with E-state index in [1.54, 1.807) is 21.3 Å². The molecule has 0 amide bonds. The minimum Gasteiger partial charge on any atom is -0.493 e. The van der Waals surface area contributed by atoms with Crippen molar-refractivity contribution in [3.05, 3.63) is 52.6 Å². The van der Waals surface area contributed by atoms with Gasteiger partial charge in [0.05, 0.1) is 21.3 Å². The van der Waals surface area contributed by atoms with Crippen molar-refractivity contribution in [3.8, 4) is 17.2 Å². The number of ether oxygens (including phenoxy) is 3. The number of nitrogens with zero attached hydrogens (tertiary/aromatic N) is 1. The largest absolute Gasteiger partial charge is 0.493 e. The maximum absolute atomic E-state index is 12.7. The predicted octanol–water partition coefficient (Wildman–Crippen LogP) is 4.33. The van der Waals surface area contributed by atoms with Gasteiger partial charge in [-0.1, -0.05) is 18.2 Å². The van der Waals surface area contributed by atoms with Crippen molar-refractivity contribution >= 4 is 5.78 Å². The zero-order chi connectivity index (χ0) is 21.7. The van der Waals surface area contributed by atoms with Crippen LogP contribution in [-0.4, -0.2) is 52.1 Å².